The van der Waals surface area contributed by atoms with E-state index < -0.39 is 74.1 Å². The zero-order chi connectivity index (χ0) is 39.8. The average molecular weight is 788 g/mol. The van der Waals surface area contributed by atoms with Gasteiger partial charge in [-0.25, -0.2) is 18.6 Å². The molecule has 4 aliphatic carbocycles. The van der Waals surface area contributed by atoms with Crippen LogP contribution < -0.4 is 20.2 Å². The smallest absolute Gasteiger partial charge is 0.426 e. The number of ether oxygens (including phenoxy) is 2. The van der Waals surface area contributed by atoms with Gasteiger partial charge in [0.2, 0.25) is 21.8 Å². The number of carbonyl (C=O) groups is 4. The largest absolute Gasteiger partial charge is 0.490 e. The van der Waals surface area contributed by atoms with Gasteiger partial charge in [0.25, 0.3) is 5.91 Å². The lowest BCUT2D eigenvalue weighted by Gasteiger charge is -2.30. The summed E-state index contributed by atoms with van der Waals surface area (Å²) in [5.41, 5.74) is 4.43. The molecule has 0 spiro atoms. The highest BCUT2D eigenvalue weighted by Gasteiger charge is 2.62. The Bertz CT molecular complexity index is 2090. The second-order valence-corrected chi connectivity index (χ2v) is 18.1. The summed E-state index contributed by atoms with van der Waals surface area (Å²) in [4.78, 5) is 61.7. The Morgan fingerprint density at radius 2 is 1.77 bits per heavy atom. The third kappa shape index (κ3) is 8.32. The van der Waals surface area contributed by atoms with Gasteiger partial charge in [0.15, 0.2) is 0 Å². The number of sulfonamides is 1. The number of oxime groups is 1. The molecule has 0 unspecified atom stereocenters. The van der Waals surface area contributed by atoms with Crippen LogP contribution in [0.1, 0.15) is 83.3 Å². The quantitative estimate of drug-likeness (QED) is 0.281. The van der Waals surface area contributed by atoms with Gasteiger partial charge in [-0.05, 0) is 101 Å². The van der Waals surface area contributed by atoms with E-state index in [9.17, 15) is 27.6 Å². The van der Waals surface area contributed by atoms with Gasteiger partial charge < -0.3 is 19.6 Å². The number of hydrogen-bond donors (Lipinski definition) is 3. The van der Waals surface area contributed by atoms with Gasteiger partial charge >= 0.3 is 6.09 Å². The minimum absolute atomic E-state index is 0.0541. The maximum absolute atomic E-state index is 14.6. The minimum atomic E-state index is -3.90. The standard InChI is InChI=1S/C41H49N5O9S/c1-5-25-24-41(25,38(49)45-56(51,52)28-16-17-28)42-36(47)33-22-27-23-34(33)37(48)46(43-39(50)54-40(2,3)4)19-11-7-6-8-12-20-53-26-15-18-30-29-13-9-10-14-31(29)35(44-55-27)32(30)21-26/h5,8-10,12-15,18,21,25,27-28,33-34H,1,6-7,11,16-17,19-20,22-24H2,2-4H3,(H,42,47)(H,43,50)(H,45,49)/b12-8+,44-35-/t25-,27-,33-,34-,41-/m1/s1. The van der Waals surface area contributed by atoms with Crippen molar-refractivity contribution in [1.29, 1.82) is 0 Å². The highest BCUT2D eigenvalue weighted by atomic mass is 32.2. The summed E-state index contributed by atoms with van der Waals surface area (Å²) >= 11 is 0. The van der Waals surface area contributed by atoms with Crippen LogP contribution in [0.3, 0.4) is 0 Å². The number of hydrazine groups is 1. The maximum atomic E-state index is 14.6. The molecular weight excluding hydrogens is 739 g/mol. The van der Waals surface area contributed by atoms with Crippen LogP contribution >= 0.6 is 0 Å². The van der Waals surface area contributed by atoms with Crippen molar-refractivity contribution < 1.29 is 41.9 Å². The van der Waals surface area contributed by atoms with E-state index in [2.05, 4.69) is 27.2 Å². The summed E-state index contributed by atoms with van der Waals surface area (Å²) in [5, 5.41) is 8.04. The number of benzene rings is 2. The van der Waals surface area contributed by atoms with Gasteiger partial charge in [0, 0.05) is 23.6 Å². The number of rotatable bonds is 7. The third-order valence-electron chi connectivity index (χ3n) is 10.8. The number of allylic oxidation sites excluding steroid dienone is 1. The second-order valence-electron chi connectivity index (χ2n) is 16.2. The fourth-order valence-corrected chi connectivity index (χ4v) is 9.07. The first-order valence-electron chi connectivity index (χ1n) is 19.3. The molecule has 2 aromatic carbocycles. The summed E-state index contributed by atoms with van der Waals surface area (Å²) < 4.78 is 39.2. The zero-order valence-electron chi connectivity index (χ0n) is 31.9. The summed E-state index contributed by atoms with van der Waals surface area (Å²) in [5.74, 6) is -3.85. The molecule has 15 heteroatoms. The highest BCUT2D eigenvalue weighted by Crippen LogP contribution is 2.47. The number of nitrogens with one attached hydrogen (secondary N) is 3. The Morgan fingerprint density at radius 3 is 2.48 bits per heavy atom. The van der Waals surface area contributed by atoms with Crippen LogP contribution in [0.4, 0.5) is 4.79 Å². The Morgan fingerprint density at radius 1 is 1.02 bits per heavy atom. The Kier molecular flexibility index (Phi) is 10.7. The fraction of sp³-hybridized carbons (Fsp3) is 0.488. The van der Waals surface area contributed by atoms with Crippen LogP contribution in [0.5, 0.6) is 5.75 Å². The predicted molar refractivity (Wildman–Crippen MR) is 207 cm³/mol. The van der Waals surface area contributed by atoms with Crippen LogP contribution in [-0.2, 0) is 34.0 Å². The molecule has 0 aromatic heterocycles. The molecule has 5 aliphatic rings. The minimum Gasteiger partial charge on any atom is -0.490 e. The average Bonchev–Trinajstić information content (AvgIpc) is 4.06. The van der Waals surface area contributed by atoms with Crippen molar-refractivity contribution in [2.75, 3.05) is 13.2 Å². The van der Waals surface area contributed by atoms with Crippen LogP contribution in [0.2, 0.25) is 0 Å². The molecule has 1 heterocycles. The summed E-state index contributed by atoms with van der Waals surface area (Å²) in [6.45, 7) is 9.43. The van der Waals surface area contributed by atoms with Gasteiger partial charge in [-0.1, -0.05) is 47.6 Å². The molecule has 2 aromatic rings. The number of amides is 4. The molecule has 3 saturated carbocycles. The molecular formula is C41H49N5O9S. The van der Waals surface area contributed by atoms with Gasteiger partial charge in [-0.2, -0.15) is 0 Å². The van der Waals surface area contributed by atoms with E-state index in [1.165, 1.54) is 11.1 Å². The van der Waals surface area contributed by atoms with E-state index in [-0.39, 0.29) is 25.8 Å². The van der Waals surface area contributed by atoms with E-state index in [1.807, 2.05) is 54.6 Å². The van der Waals surface area contributed by atoms with Crippen molar-refractivity contribution >= 4 is 39.5 Å². The van der Waals surface area contributed by atoms with Crippen LogP contribution in [-0.4, -0.2) is 78.6 Å². The van der Waals surface area contributed by atoms with Crippen LogP contribution in [0, 0.1) is 17.8 Å². The normalized spacial score (nSPS) is 27.7. The van der Waals surface area contributed by atoms with Crippen molar-refractivity contribution in [2.45, 2.75) is 94.6 Å². The van der Waals surface area contributed by atoms with Crippen LogP contribution in [0.15, 0.2) is 72.4 Å². The number of fused-ring (bicyclic) bond motifs is 6. The first kappa shape index (κ1) is 39.1. The van der Waals surface area contributed by atoms with Crippen LogP contribution in [0.25, 0.3) is 11.1 Å². The molecule has 1 aliphatic heterocycles. The van der Waals surface area contributed by atoms with Crippen molar-refractivity contribution in [3.8, 4) is 16.9 Å². The Labute approximate surface area is 327 Å². The van der Waals surface area contributed by atoms with E-state index in [0.29, 0.717) is 50.2 Å². The second kappa shape index (κ2) is 15.4. The number of hydrogen-bond acceptors (Lipinski definition) is 10. The molecule has 298 valence electrons. The first-order valence-corrected chi connectivity index (χ1v) is 20.8. The lowest BCUT2D eigenvalue weighted by Crippen LogP contribution is -2.55. The highest BCUT2D eigenvalue weighted by molar-refractivity contribution is 7.91. The molecule has 0 saturated heterocycles. The SMILES string of the molecule is C=C[C@@H]1C[C@]1(NC(=O)[C@@H]1C[C@@H]2C[C@H]1C(=O)N(NC(=O)OC(C)(C)C)CCCC/C=C/COc1ccc3c(c1)/C(=N\O2)c1ccccc1-3)C(=O)NS(=O)(=O)C1CC1. The molecule has 3 fully saturated rings. The molecule has 4 amide bonds. The Balaban J connectivity index is 1.21. The van der Waals surface area contributed by atoms with Crippen molar-refractivity contribution in [3.05, 3.63) is 78.4 Å². The van der Waals surface area contributed by atoms with Gasteiger partial charge in [-0.15, -0.1) is 6.58 Å². The summed E-state index contributed by atoms with van der Waals surface area (Å²) in [6, 6.07) is 13.7. The van der Waals surface area contributed by atoms with Crippen molar-refractivity contribution in [1.82, 2.24) is 20.5 Å². The summed E-state index contributed by atoms with van der Waals surface area (Å²) in [7, 11) is -3.90. The topological polar surface area (TPSA) is 182 Å². The van der Waals surface area contributed by atoms with Gasteiger partial charge in [0.05, 0.1) is 17.1 Å². The van der Waals surface area contributed by atoms with Crippen molar-refractivity contribution in [2.24, 2.45) is 22.9 Å². The van der Waals surface area contributed by atoms with E-state index in [1.54, 1.807) is 20.8 Å². The first-order chi connectivity index (χ1) is 26.7. The molecule has 4 bridgehead atoms. The predicted octanol–water partition coefficient (Wildman–Crippen LogP) is 4.89. The summed E-state index contributed by atoms with van der Waals surface area (Å²) in [6.07, 6.45) is 7.01. The van der Waals surface area contributed by atoms with E-state index in [0.717, 1.165) is 22.3 Å². The monoisotopic (exact) mass is 787 g/mol. The zero-order valence-corrected chi connectivity index (χ0v) is 32.7. The Hall–Kier alpha value is -5.18. The molecule has 0 radical (unpaired) electrons. The molecule has 56 heavy (non-hydrogen) atoms. The molecule has 3 N–H and O–H groups in total. The molecule has 14 nitrogen and oxygen atoms in total. The number of nitrogens with zero attached hydrogens (tertiary/aromatic N) is 2. The lowest BCUT2D eigenvalue weighted by molar-refractivity contribution is -0.144. The lowest BCUT2D eigenvalue weighted by atomic mass is 9.93. The van der Waals surface area contributed by atoms with E-state index in [4.69, 9.17) is 14.3 Å². The van der Waals surface area contributed by atoms with Gasteiger partial charge in [0.1, 0.15) is 35.3 Å². The molecule has 7 rings (SSSR count). The van der Waals surface area contributed by atoms with Crippen molar-refractivity contribution in [3.63, 3.8) is 0 Å². The molecule has 5 atom stereocenters. The maximum Gasteiger partial charge on any atom is 0.426 e. The van der Waals surface area contributed by atoms with Gasteiger partial charge in [-0.3, -0.25) is 24.1 Å². The number of carbonyl (C=O) groups excluding carboxylic acids is 4. The van der Waals surface area contributed by atoms with E-state index >= 15 is 0 Å². The third-order valence-corrected chi connectivity index (χ3v) is 12.7. The fourth-order valence-electron chi connectivity index (χ4n) is 7.70.